The van der Waals surface area contributed by atoms with Crippen molar-refractivity contribution in [3.8, 4) is 0 Å². The second kappa shape index (κ2) is 10.9. The minimum Gasteiger partial charge on any atom is -0.387 e. The number of aromatic nitrogens is 8. The number of fused-ring (bicyclic) bond motifs is 1. The summed E-state index contributed by atoms with van der Waals surface area (Å²) in [5.74, 6) is 1.17. The number of nitrogens with zero attached hydrogens (tertiary/aromatic N) is 8. The quantitative estimate of drug-likeness (QED) is 0.181. The van der Waals surface area contributed by atoms with Crippen molar-refractivity contribution >= 4 is 45.5 Å². The average molecular weight is 647 g/mol. The van der Waals surface area contributed by atoms with Crippen molar-refractivity contribution in [1.29, 1.82) is 0 Å². The van der Waals surface area contributed by atoms with Crippen LogP contribution in [0.2, 0.25) is 0 Å². The molecule has 1 aliphatic carbocycles. The molecule has 0 bridgehead atoms. The predicted octanol–water partition coefficient (Wildman–Crippen LogP) is 1.24. The Labute approximate surface area is 237 Å². The van der Waals surface area contributed by atoms with Crippen molar-refractivity contribution in [2.75, 3.05) is 10.6 Å². The van der Waals surface area contributed by atoms with Crippen LogP contribution in [0.25, 0.3) is 11.2 Å². The SMILES string of the molecule is Cn1nnc([C@H]2O[C@@H](n3cnc4c(NCc5cccc(I)c5)nc(NC5CCC(N)CC5)nc43)[C@H](O)[C@@H]2O)n1. The molecule has 1 saturated heterocycles. The van der Waals surface area contributed by atoms with Crippen molar-refractivity contribution in [3.63, 3.8) is 0 Å². The molecule has 14 nitrogen and oxygen atoms in total. The van der Waals surface area contributed by atoms with Gasteiger partial charge in [-0.3, -0.25) is 4.57 Å². The van der Waals surface area contributed by atoms with Crippen LogP contribution in [0.3, 0.4) is 0 Å². The summed E-state index contributed by atoms with van der Waals surface area (Å²) in [6.45, 7) is 0.537. The van der Waals surface area contributed by atoms with Gasteiger partial charge in [0.05, 0.1) is 13.4 Å². The summed E-state index contributed by atoms with van der Waals surface area (Å²) < 4.78 is 8.80. The molecule has 0 unspecified atom stereocenters. The molecule has 39 heavy (non-hydrogen) atoms. The highest BCUT2D eigenvalue weighted by molar-refractivity contribution is 14.1. The number of hydrogen-bond donors (Lipinski definition) is 5. The number of ether oxygens (including phenoxy) is 1. The van der Waals surface area contributed by atoms with Gasteiger partial charge < -0.3 is 31.3 Å². The Morgan fingerprint density at radius 1 is 1.15 bits per heavy atom. The van der Waals surface area contributed by atoms with Gasteiger partial charge >= 0.3 is 0 Å². The van der Waals surface area contributed by atoms with E-state index < -0.39 is 24.5 Å². The normalized spacial score (nSPS) is 27.2. The Hall–Kier alpha value is -2.99. The van der Waals surface area contributed by atoms with Crippen LogP contribution in [-0.4, -0.2) is 74.2 Å². The standard InChI is InChI=1S/C24H30IN11O3/c1-35-33-21(32-34-35)19-17(37)18(38)23(39-19)36-11-28-16-20(27-10-12-3-2-4-13(25)9-12)30-24(31-22(16)36)29-15-7-5-14(26)6-8-15/h2-4,9,11,14-15,17-19,23,37-38H,5-8,10,26H2,1H3,(H2,27,29,30,31)/t14?,15?,17-,18+,19-,23+/m0/s1. The minimum atomic E-state index is -1.27. The number of aliphatic hydroxyl groups excluding tert-OH is 2. The Kier molecular flexibility index (Phi) is 7.32. The third-order valence-corrected chi connectivity index (χ3v) is 7.84. The Morgan fingerprint density at radius 3 is 2.72 bits per heavy atom. The molecule has 1 saturated carbocycles. The van der Waals surface area contributed by atoms with Gasteiger partial charge in [-0.25, -0.2) is 4.98 Å². The number of hydrogen-bond acceptors (Lipinski definition) is 12. The minimum absolute atomic E-state index is 0.184. The number of aliphatic hydroxyl groups is 2. The van der Waals surface area contributed by atoms with Gasteiger partial charge in [0.1, 0.15) is 12.2 Å². The molecule has 4 atom stereocenters. The molecule has 2 aliphatic rings. The van der Waals surface area contributed by atoms with Gasteiger partial charge in [-0.15, -0.1) is 10.2 Å². The molecule has 206 valence electrons. The lowest BCUT2D eigenvalue weighted by atomic mass is 9.92. The van der Waals surface area contributed by atoms with E-state index in [0.717, 1.165) is 34.8 Å². The number of imidazole rings is 1. The van der Waals surface area contributed by atoms with Gasteiger partial charge in [-0.2, -0.15) is 14.8 Å². The molecule has 1 aromatic carbocycles. The zero-order chi connectivity index (χ0) is 27.1. The highest BCUT2D eigenvalue weighted by Crippen LogP contribution is 2.39. The highest BCUT2D eigenvalue weighted by atomic mass is 127. The average Bonchev–Trinajstić information content (AvgIpc) is 3.62. The summed E-state index contributed by atoms with van der Waals surface area (Å²) in [4.78, 5) is 15.4. The van der Waals surface area contributed by atoms with Crippen LogP contribution in [0.1, 0.15) is 49.4 Å². The van der Waals surface area contributed by atoms with Crippen LogP contribution >= 0.6 is 22.6 Å². The molecule has 0 radical (unpaired) electrons. The van der Waals surface area contributed by atoms with E-state index in [1.807, 2.05) is 18.2 Å². The number of halogens is 1. The number of nitrogens with one attached hydrogen (secondary N) is 2. The van der Waals surface area contributed by atoms with Gasteiger partial charge in [-0.05, 0) is 71.2 Å². The van der Waals surface area contributed by atoms with Gasteiger partial charge in [0.15, 0.2) is 29.3 Å². The van der Waals surface area contributed by atoms with Crippen LogP contribution in [0.5, 0.6) is 0 Å². The summed E-state index contributed by atoms with van der Waals surface area (Å²) >= 11 is 2.29. The van der Waals surface area contributed by atoms with E-state index in [1.165, 1.54) is 11.1 Å². The zero-order valence-corrected chi connectivity index (χ0v) is 23.4. The fourth-order valence-electron chi connectivity index (χ4n) is 5.08. The highest BCUT2D eigenvalue weighted by Gasteiger charge is 2.47. The second-order valence-corrected chi connectivity index (χ2v) is 11.3. The maximum atomic E-state index is 10.9. The first kappa shape index (κ1) is 26.2. The molecule has 0 spiro atoms. The second-order valence-electron chi connectivity index (χ2n) is 10.0. The summed E-state index contributed by atoms with van der Waals surface area (Å²) in [5.41, 5.74) is 8.16. The fraction of sp³-hybridized carbons (Fsp3) is 0.500. The van der Waals surface area contributed by atoms with Crippen molar-refractivity contribution < 1.29 is 14.9 Å². The molecule has 15 heteroatoms. The third-order valence-electron chi connectivity index (χ3n) is 7.17. The number of rotatable bonds is 7. The summed E-state index contributed by atoms with van der Waals surface area (Å²) in [6.07, 6.45) is 0.795. The monoisotopic (exact) mass is 647 g/mol. The molecular weight excluding hydrogens is 617 g/mol. The van der Waals surface area contributed by atoms with Crippen LogP contribution in [0.4, 0.5) is 11.8 Å². The zero-order valence-electron chi connectivity index (χ0n) is 21.2. The molecule has 0 amide bonds. The molecule has 1 aliphatic heterocycles. The maximum Gasteiger partial charge on any atom is 0.227 e. The van der Waals surface area contributed by atoms with Crippen LogP contribution < -0.4 is 16.4 Å². The predicted molar refractivity (Wildman–Crippen MR) is 149 cm³/mol. The molecule has 6 rings (SSSR count). The van der Waals surface area contributed by atoms with Crippen molar-refractivity contribution in [1.82, 2.24) is 39.7 Å². The van der Waals surface area contributed by atoms with E-state index in [9.17, 15) is 10.2 Å². The third kappa shape index (κ3) is 5.41. The number of benzene rings is 1. The lowest BCUT2D eigenvalue weighted by molar-refractivity contribution is -0.0384. The summed E-state index contributed by atoms with van der Waals surface area (Å²) in [6, 6.07) is 8.61. The molecule has 3 aromatic heterocycles. The van der Waals surface area contributed by atoms with Crippen molar-refractivity contribution in [2.45, 2.75) is 68.9 Å². The first-order valence-electron chi connectivity index (χ1n) is 12.9. The first-order chi connectivity index (χ1) is 18.9. The van der Waals surface area contributed by atoms with E-state index in [2.05, 4.69) is 59.7 Å². The lowest BCUT2D eigenvalue weighted by Gasteiger charge is -2.27. The topological polar surface area (TPSA) is 187 Å². The number of anilines is 2. The number of aryl methyl sites for hydroxylation is 1. The summed E-state index contributed by atoms with van der Waals surface area (Å²) in [7, 11) is 1.62. The first-order valence-corrected chi connectivity index (χ1v) is 13.9. The van der Waals surface area contributed by atoms with Crippen LogP contribution in [-0.2, 0) is 18.3 Å². The van der Waals surface area contributed by atoms with Crippen LogP contribution in [0.15, 0.2) is 30.6 Å². The van der Waals surface area contributed by atoms with E-state index in [-0.39, 0.29) is 17.9 Å². The van der Waals surface area contributed by atoms with Gasteiger partial charge in [0.2, 0.25) is 11.8 Å². The van der Waals surface area contributed by atoms with E-state index in [4.69, 9.17) is 20.4 Å². The van der Waals surface area contributed by atoms with E-state index in [1.54, 1.807) is 11.6 Å². The van der Waals surface area contributed by atoms with Gasteiger partial charge in [0.25, 0.3) is 0 Å². The maximum absolute atomic E-state index is 10.9. The Morgan fingerprint density at radius 2 is 1.97 bits per heavy atom. The summed E-state index contributed by atoms with van der Waals surface area (Å²) in [5, 5.41) is 40.4. The van der Waals surface area contributed by atoms with Crippen LogP contribution in [0, 0.1) is 3.57 Å². The molecule has 4 heterocycles. The van der Waals surface area contributed by atoms with Gasteiger partial charge in [-0.1, -0.05) is 12.1 Å². The molecule has 6 N–H and O–H groups in total. The van der Waals surface area contributed by atoms with Crippen molar-refractivity contribution in [3.05, 3.63) is 45.6 Å². The van der Waals surface area contributed by atoms with Crippen molar-refractivity contribution in [2.24, 2.45) is 12.8 Å². The molecule has 4 aromatic rings. The Balaban J connectivity index is 1.33. The van der Waals surface area contributed by atoms with Gasteiger partial charge in [0, 0.05) is 22.2 Å². The number of tetrazole rings is 1. The van der Waals surface area contributed by atoms with E-state index in [0.29, 0.717) is 29.5 Å². The molecule has 2 fully saturated rings. The largest absolute Gasteiger partial charge is 0.387 e. The van der Waals surface area contributed by atoms with E-state index >= 15 is 0 Å². The molecular formula is C24H30IN11O3. The number of nitrogens with two attached hydrogens (primary N) is 1. The smallest absolute Gasteiger partial charge is 0.227 e. The lowest BCUT2D eigenvalue weighted by Crippen LogP contribution is -2.33. The fourth-order valence-corrected chi connectivity index (χ4v) is 5.69. The Bertz CT molecular complexity index is 1450.